The van der Waals surface area contributed by atoms with Crippen LogP contribution in [0.25, 0.3) is 0 Å². The molecule has 1 aliphatic rings. The molecule has 1 aliphatic carbocycles. The van der Waals surface area contributed by atoms with Crippen LogP contribution in [0.5, 0.6) is 0 Å². The smallest absolute Gasteiger partial charge is 0.303 e. The molecule has 0 saturated heterocycles. The third-order valence-corrected chi connectivity index (χ3v) is 4.10. The molecule has 1 saturated carbocycles. The number of thioether (sulfide) groups is 1. The number of carboxylic acid groups (broad SMARTS) is 1. The molecule has 0 aliphatic heterocycles. The molecule has 0 atom stereocenters. The number of nitrogens with one attached hydrogen (secondary N) is 1. The van der Waals surface area contributed by atoms with Gasteiger partial charge in [-0.3, -0.25) is 4.79 Å². The third kappa shape index (κ3) is 4.33. The average Bonchev–Trinajstić information content (AvgIpc) is 2.91. The minimum absolute atomic E-state index is 0.301. The van der Waals surface area contributed by atoms with Gasteiger partial charge < -0.3 is 10.4 Å². The molecule has 14 heavy (non-hydrogen) atoms. The Morgan fingerprint density at radius 3 is 2.71 bits per heavy atom. The minimum atomic E-state index is -0.687. The highest BCUT2D eigenvalue weighted by atomic mass is 32.2. The van der Waals surface area contributed by atoms with Crippen LogP contribution in [0.2, 0.25) is 0 Å². The van der Waals surface area contributed by atoms with Crippen LogP contribution >= 0.6 is 11.8 Å². The molecule has 2 N–H and O–H groups in total. The Morgan fingerprint density at radius 2 is 2.21 bits per heavy atom. The SMILES string of the molecule is CSC1(CNCCCCC(=O)O)CC1. The maximum atomic E-state index is 10.2. The summed E-state index contributed by atoms with van der Waals surface area (Å²) in [6, 6.07) is 0. The summed E-state index contributed by atoms with van der Waals surface area (Å²) in [4.78, 5) is 10.2. The van der Waals surface area contributed by atoms with Gasteiger partial charge in [-0.15, -0.1) is 0 Å². The van der Waals surface area contributed by atoms with Gasteiger partial charge in [0, 0.05) is 17.7 Å². The van der Waals surface area contributed by atoms with Gasteiger partial charge >= 0.3 is 5.97 Å². The van der Waals surface area contributed by atoms with E-state index in [0.717, 1.165) is 25.9 Å². The Bertz CT molecular complexity index is 193. The third-order valence-electron chi connectivity index (χ3n) is 2.68. The van der Waals surface area contributed by atoms with Crippen LogP contribution in [0.4, 0.5) is 0 Å². The van der Waals surface area contributed by atoms with Gasteiger partial charge in [-0.2, -0.15) is 11.8 Å². The molecule has 1 rings (SSSR count). The molecule has 0 radical (unpaired) electrons. The van der Waals surface area contributed by atoms with Gasteiger partial charge in [-0.1, -0.05) is 0 Å². The first kappa shape index (κ1) is 11.9. The van der Waals surface area contributed by atoms with E-state index in [-0.39, 0.29) is 0 Å². The van der Waals surface area contributed by atoms with E-state index in [4.69, 9.17) is 5.11 Å². The largest absolute Gasteiger partial charge is 0.481 e. The molecule has 3 nitrogen and oxygen atoms in total. The summed E-state index contributed by atoms with van der Waals surface area (Å²) in [7, 11) is 0. The van der Waals surface area contributed by atoms with E-state index in [1.165, 1.54) is 12.8 Å². The normalized spacial score (nSPS) is 18.1. The molecule has 0 spiro atoms. The molecular formula is C10H19NO2S. The van der Waals surface area contributed by atoms with Crippen LogP contribution in [0.3, 0.4) is 0 Å². The molecule has 1 fully saturated rings. The first-order chi connectivity index (χ1) is 6.68. The summed E-state index contributed by atoms with van der Waals surface area (Å²) in [6.45, 7) is 2.04. The first-order valence-corrected chi connectivity index (χ1v) is 6.39. The number of hydrogen-bond acceptors (Lipinski definition) is 3. The summed E-state index contributed by atoms with van der Waals surface area (Å²) in [6.07, 6.45) is 6.88. The van der Waals surface area contributed by atoms with E-state index >= 15 is 0 Å². The quantitative estimate of drug-likeness (QED) is 0.608. The highest BCUT2D eigenvalue weighted by molar-refractivity contribution is 8.00. The monoisotopic (exact) mass is 217 g/mol. The molecule has 0 aromatic carbocycles. The number of rotatable bonds is 8. The van der Waals surface area contributed by atoms with Crippen LogP contribution in [0.15, 0.2) is 0 Å². The molecular weight excluding hydrogens is 198 g/mol. The van der Waals surface area contributed by atoms with Crippen LogP contribution in [0.1, 0.15) is 32.1 Å². The molecule has 4 heteroatoms. The molecule has 82 valence electrons. The fraction of sp³-hybridized carbons (Fsp3) is 0.900. The van der Waals surface area contributed by atoms with Crippen molar-refractivity contribution in [2.24, 2.45) is 0 Å². The fourth-order valence-electron chi connectivity index (χ4n) is 1.43. The topological polar surface area (TPSA) is 49.3 Å². The van der Waals surface area contributed by atoms with Crippen molar-refractivity contribution in [3.63, 3.8) is 0 Å². The highest BCUT2D eigenvalue weighted by Gasteiger charge is 2.41. The van der Waals surface area contributed by atoms with E-state index in [0.29, 0.717) is 11.2 Å². The molecule has 0 bridgehead atoms. The summed E-state index contributed by atoms with van der Waals surface area (Å²) < 4.78 is 0.521. The number of unbranched alkanes of at least 4 members (excludes halogenated alkanes) is 1. The van der Waals surface area contributed by atoms with Crippen LogP contribution in [-0.4, -0.2) is 35.2 Å². The number of carbonyl (C=O) groups is 1. The first-order valence-electron chi connectivity index (χ1n) is 5.16. The second kappa shape index (κ2) is 5.61. The Kier molecular flexibility index (Phi) is 4.75. The summed E-state index contributed by atoms with van der Waals surface area (Å²) in [5.74, 6) is -0.687. The average molecular weight is 217 g/mol. The Balaban J connectivity index is 1.87. The highest BCUT2D eigenvalue weighted by Crippen LogP contribution is 2.46. The molecule has 0 aromatic heterocycles. The van der Waals surface area contributed by atoms with Crippen molar-refractivity contribution in [3.05, 3.63) is 0 Å². The van der Waals surface area contributed by atoms with E-state index in [1.54, 1.807) is 0 Å². The van der Waals surface area contributed by atoms with Crippen molar-refractivity contribution in [2.75, 3.05) is 19.3 Å². The van der Waals surface area contributed by atoms with Gasteiger partial charge in [-0.25, -0.2) is 0 Å². The Labute approximate surface area is 89.6 Å². The number of hydrogen-bond donors (Lipinski definition) is 2. The maximum absolute atomic E-state index is 10.2. The van der Waals surface area contributed by atoms with Crippen molar-refractivity contribution in [2.45, 2.75) is 36.9 Å². The lowest BCUT2D eigenvalue weighted by Crippen LogP contribution is -2.26. The second-order valence-electron chi connectivity index (χ2n) is 3.91. The molecule has 0 amide bonds. The van der Waals surface area contributed by atoms with Gasteiger partial charge in [0.05, 0.1) is 0 Å². The molecule has 0 unspecified atom stereocenters. The summed E-state index contributed by atoms with van der Waals surface area (Å²) in [5, 5.41) is 11.8. The van der Waals surface area contributed by atoms with Crippen molar-refractivity contribution in [1.82, 2.24) is 5.32 Å². The lowest BCUT2D eigenvalue weighted by Gasteiger charge is -2.12. The van der Waals surface area contributed by atoms with E-state index in [1.807, 2.05) is 11.8 Å². The standard InChI is InChI=1S/C10H19NO2S/c1-14-10(5-6-10)8-11-7-3-2-4-9(12)13/h11H,2-8H2,1H3,(H,12,13). The zero-order valence-electron chi connectivity index (χ0n) is 8.71. The van der Waals surface area contributed by atoms with Crippen molar-refractivity contribution in [1.29, 1.82) is 0 Å². The van der Waals surface area contributed by atoms with Gasteiger partial charge in [0.15, 0.2) is 0 Å². The Hall–Kier alpha value is -0.220. The molecule has 0 aromatic rings. The maximum Gasteiger partial charge on any atom is 0.303 e. The lowest BCUT2D eigenvalue weighted by molar-refractivity contribution is -0.137. The Morgan fingerprint density at radius 1 is 1.50 bits per heavy atom. The van der Waals surface area contributed by atoms with E-state index < -0.39 is 5.97 Å². The fourth-order valence-corrected chi connectivity index (χ4v) is 2.19. The lowest BCUT2D eigenvalue weighted by atomic mass is 10.2. The van der Waals surface area contributed by atoms with Gasteiger partial charge in [-0.05, 0) is 38.5 Å². The van der Waals surface area contributed by atoms with Crippen molar-refractivity contribution in [3.8, 4) is 0 Å². The van der Waals surface area contributed by atoms with Gasteiger partial charge in [0.25, 0.3) is 0 Å². The summed E-state index contributed by atoms with van der Waals surface area (Å²) >= 11 is 1.95. The predicted octanol–water partition coefficient (Wildman–Crippen LogP) is 1.73. The molecule has 0 heterocycles. The van der Waals surface area contributed by atoms with Crippen LogP contribution in [0, 0.1) is 0 Å². The number of carboxylic acids is 1. The van der Waals surface area contributed by atoms with Crippen molar-refractivity contribution < 1.29 is 9.90 Å². The summed E-state index contributed by atoms with van der Waals surface area (Å²) in [5.41, 5.74) is 0. The van der Waals surface area contributed by atoms with Gasteiger partial charge in [0.1, 0.15) is 0 Å². The van der Waals surface area contributed by atoms with Crippen molar-refractivity contribution >= 4 is 17.7 Å². The van der Waals surface area contributed by atoms with E-state index in [9.17, 15) is 4.79 Å². The second-order valence-corrected chi connectivity index (χ2v) is 5.19. The number of aliphatic carboxylic acids is 1. The zero-order chi connectivity index (χ0) is 10.4. The van der Waals surface area contributed by atoms with Crippen LogP contribution in [-0.2, 0) is 4.79 Å². The van der Waals surface area contributed by atoms with Gasteiger partial charge in [0.2, 0.25) is 0 Å². The van der Waals surface area contributed by atoms with Crippen LogP contribution < -0.4 is 5.32 Å². The zero-order valence-corrected chi connectivity index (χ0v) is 9.53. The minimum Gasteiger partial charge on any atom is -0.481 e. The predicted molar refractivity (Wildman–Crippen MR) is 59.8 cm³/mol. The van der Waals surface area contributed by atoms with E-state index in [2.05, 4.69) is 11.6 Å².